The molecule has 0 saturated carbocycles. The van der Waals surface area contributed by atoms with Crippen molar-refractivity contribution in [2.45, 2.75) is 27.2 Å². The van der Waals surface area contributed by atoms with E-state index in [-0.39, 0.29) is 6.42 Å². The second-order valence-electron chi connectivity index (χ2n) is 5.33. The lowest BCUT2D eigenvalue weighted by molar-refractivity contribution is -0.136. The zero-order valence-corrected chi connectivity index (χ0v) is 13.0. The highest BCUT2D eigenvalue weighted by atomic mass is 32.1. The standard InChI is InChI=1S/C16H16N2O2S/c1-9-4-11(3)13(5-10(9)2)14-7-18-12(6-15(19)20)8-21-16(18)17-14/h4-5,7-8H,6H2,1-3H3,(H,19,20). The predicted octanol–water partition coefficient (Wildman–Crippen LogP) is 3.62. The van der Waals surface area contributed by atoms with Gasteiger partial charge in [0, 0.05) is 22.8 Å². The molecule has 5 heteroatoms. The number of aromatic nitrogens is 2. The van der Waals surface area contributed by atoms with E-state index in [1.54, 1.807) is 0 Å². The van der Waals surface area contributed by atoms with Crippen molar-refractivity contribution in [2.24, 2.45) is 0 Å². The number of aryl methyl sites for hydroxylation is 3. The Bertz CT molecular complexity index is 845. The van der Waals surface area contributed by atoms with Crippen molar-refractivity contribution in [1.82, 2.24) is 9.38 Å². The van der Waals surface area contributed by atoms with Gasteiger partial charge < -0.3 is 5.11 Å². The summed E-state index contributed by atoms with van der Waals surface area (Å²) in [6.45, 7) is 6.27. The van der Waals surface area contributed by atoms with E-state index in [0.717, 1.165) is 21.9 Å². The Morgan fingerprint density at radius 2 is 1.95 bits per heavy atom. The number of aliphatic carboxylic acids is 1. The second kappa shape index (κ2) is 5.00. The number of imidazole rings is 1. The molecule has 0 spiro atoms. The molecule has 0 aliphatic rings. The third kappa shape index (κ3) is 2.45. The highest BCUT2D eigenvalue weighted by Crippen LogP contribution is 2.28. The molecule has 0 amide bonds. The number of fused-ring (bicyclic) bond motifs is 1. The van der Waals surface area contributed by atoms with Crippen LogP contribution in [0.25, 0.3) is 16.2 Å². The maximum Gasteiger partial charge on any atom is 0.309 e. The number of carboxylic acid groups (broad SMARTS) is 1. The Morgan fingerprint density at radius 1 is 1.24 bits per heavy atom. The van der Waals surface area contributed by atoms with Gasteiger partial charge in [0.25, 0.3) is 0 Å². The van der Waals surface area contributed by atoms with Crippen LogP contribution in [0.15, 0.2) is 23.7 Å². The molecule has 4 nitrogen and oxygen atoms in total. The summed E-state index contributed by atoms with van der Waals surface area (Å²) in [5.41, 5.74) is 6.46. The smallest absolute Gasteiger partial charge is 0.309 e. The summed E-state index contributed by atoms with van der Waals surface area (Å²) in [4.78, 5) is 16.4. The molecule has 0 atom stereocenters. The highest BCUT2D eigenvalue weighted by Gasteiger charge is 2.13. The molecular formula is C16H16N2O2S. The number of hydrogen-bond donors (Lipinski definition) is 1. The molecule has 0 fully saturated rings. The van der Waals surface area contributed by atoms with E-state index in [9.17, 15) is 4.79 Å². The molecule has 0 aliphatic heterocycles. The van der Waals surface area contributed by atoms with E-state index in [1.807, 2.05) is 16.0 Å². The number of thiazole rings is 1. The average Bonchev–Trinajstić information content (AvgIpc) is 2.95. The molecule has 21 heavy (non-hydrogen) atoms. The zero-order valence-electron chi connectivity index (χ0n) is 12.2. The summed E-state index contributed by atoms with van der Waals surface area (Å²) in [7, 11) is 0. The van der Waals surface area contributed by atoms with Crippen LogP contribution in [0.1, 0.15) is 22.4 Å². The average molecular weight is 300 g/mol. The molecule has 0 unspecified atom stereocenters. The maximum absolute atomic E-state index is 10.9. The predicted molar refractivity (Wildman–Crippen MR) is 84.1 cm³/mol. The van der Waals surface area contributed by atoms with Gasteiger partial charge in [0.05, 0.1) is 12.1 Å². The molecule has 0 radical (unpaired) electrons. The van der Waals surface area contributed by atoms with Crippen molar-refractivity contribution in [3.05, 3.63) is 46.1 Å². The van der Waals surface area contributed by atoms with Crippen LogP contribution in [-0.4, -0.2) is 20.5 Å². The first-order valence-electron chi connectivity index (χ1n) is 6.71. The van der Waals surface area contributed by atoms with Gasteiger partial charge in [0.15, 0.2) is 4.96 Å². The molecule has 0 aliphatic carbocycles. The SMILES string of the molecule is Cc1cc(C)c(-c2cn3c(CC(=O)O)csc3n2)cc1C. The molecule has 0 bridgehead atoms. The first-order chi connectivity index (χ1) is 9.95. The molecule has 1 N–H and O–H groups in total. The van der Waals surface area contributed by atoms with E-state index < -0.39 is 5.97 Å². The lowest BCUT2D eigenvalue weighted by Crippen LogP contribution is -2.02. The molecule has 1 aromatic carbocycles. The van der Waals surface area contributed by atoms with Crippen molar-refractivity contribution in [3.63, 3.8) is 0 Å². The van der Waals surface area contributed by atoms with Crippen LogP contribution in [0.2, 0.25) is 0 Å². The summed E-state index contributed by atoms with van der Waals surface area (Å²) < 4.78 is 1.88. The fourth-order valence-electron chi connectivity index (χ4n) is 2.48. The number of rotatable bonds is 3. The molecule has 3 aromatic rings. The lowest BCUT2D eigenvalue weighted by Gasteiger charge is -2.07. The number of hydrogen-bond acceptors (Lipinski definition) is 3. The molecule has 3 rings (SSSR count). The quantitative estimate of drug-likeness (QED) is 0.804. The molecule has 108 valence electrons. The summed E-state index contributed by atoms with van der Waals surface area (Å²) in [5, 5.41) is 10.8. The molecular weight excluding hydrogens is 284 g/mol. The zero-order chi connectivity index (χ0) is 15.1. The fourth-order valence-corrected chi connectivity index (χ4v) is 3.35. The van der Waals surface area contributed by atoms with Gasteiger partial charge in [-0.3, -0.25) is 9.20 Å². The summed E-state index contributed by atoms with van der Waals surface area (Å²) >= 11 is 1.47. The highest BCUT2D eigenvalue weighted by molar-refractivity contribution is 7.15. The Morgan fingerprint density at radius 3 is 2.67 bits per heavy atom. The number of carbonyl (C=O) groups is 1. The minimum Gasteiger partial charge on any atom is -0.481 e. The third-order valence-electron chi connectivity index (χ3n) is 3.73. The van der Waals surface area contributed by atoms with Crippen molar-refractivity contribution >= 4 is 22.3 Å². The normalized spacial score (nSPS) is 11.2. The Hall–Kier alpha value is -2.14. The first-order valence-corrected chi connectivity index (χ1v) is 7.59. The summed E-state index contributed by atoms with van der Waals surface area (Å²) in [6, 6.07) is 4.31. The van der Waals surface area contributed by atoms with Gasteiger partial charge in [0.2, 0.25) is 0 Å². The Labute approximate surface area is 126 Å². The van der Waals surface area contributed by atoms with Gasteiger partial charge in [0.1, 0.15) is 0 Å². The van der Waals surface area contributed by atoms with E-state index in [1.165, 1.54) is 28.0 Å². The van der Waals surface area contributed by atoms with Gasteiger partial charge in [-0.25, -0.2) is 4.98 Å². The molecule has 0 saturated heterocycles. The van der Waals surface area contributed by atoms with Crippen LogP contribution < -0.4 is 0 Å². The lowest BCUT2D eigenvalue weighted by atomic mass is 9.99. The first kappa shape index (κ1) is 13.8. The van der Waals surface area contributed by atoms with Crippen LogP contribution in [0.3, 0.4) is 0 Å². The molecule has 2 heterocycles. The van der Waals surface area contributed by atoms with E-state index in [4.69, 9.17) is 5.11 Å². The minimum absolute atomic E-state index is 0.0156. The summed E-state index contributed by atoms with van der Waals surface area (Å²) in [5.74, 6) is -0.827. The maximum atomic E-state index is 10.9. The summed E-state index contributed by atoms with van der Waals surface area (Å²) in [6.07, 6.45) is 1.95. The van der Waals surface area contributed by atoms with Crippen LogP contribution >= 0.6 is 11.3 Å². The minimum atomic E-state index is -0.827. The van der Waals surface area contributed by atoms with Gasteiger partial charge in [-0.15, -0.1) is 11.3 Å². The van der Waals surface area contributed by atoms with Gasteiger partial charge in [-0.1, -0.05) is 6.07 Å². The van der Waals surface area contributed by atoms with Crippen molar-refractivity contribution < 1.29 is 9.90 Å². The topological polar surface area (TPSA) is 54.6 Å². The van der Waals surface area contributed by atoms with Gasteiger partial charge in [-0.2, -0.15) is 0 Å². The Balaban J connectivity index is 2.11. The Kier molecular flexibility index (Phi) is 3.29. The van der Waals surface area contributed by atoms with E-state index >= 15 is 0 Å². The molecule has 2 aromatic heterocycles. The van der Waals surface area contributed by atoms with Crippen molar-refractivity contribution in [3.8, 4) is 11.3 Å². The van der Waals surface area contributed by atoms with Crippen molar-refractivity contribution in [2.75, 3.05) is 0 Å². The van der Waals surface area contributed by atoms with E-state index in [0.29, 0.717) is 0 Å². The third-order valence-corrected chi connectivity index (χ3v) is 4.62. The van der Waals surface area contributed by atoms with Gasteiger partial charge in [-0.05, 0) is 43.5 Å². The monoisotopic (exact) mass is 300 g/mol. The number of benzene rings is 1. The van der Waals surface area contributed by atoms with Crippen LogP contribution in [-0.2, 0) is 11.2 Å². The van der Waals surface area contributed by atoms with Crippen LogP contribution in [0, 0.1) is 20.8 Å². The largest absolute Gasteiger partial charge is 0.481 e. The van der Waals surface area contributed by atoms with Crippen molar-refractivity contribution in [1.29, 1.82) is 0 Å². The van der Waals surface area contributed by atoms with Crippen LogP contribution in [0.4, 0.5) is 0 Å². The number of nitrogens with zero attached hydrogens (tertiary/aromatic N) is 2. The van der Waals surface area contributed by atoms with Crippen LogP contribution in [0.5, 0.6) is 0 Å². The number of carboxylic acids is 1. The van der Waals surface area contributed by atoms with E-state index in [2.05, 4.69) is 37.9 Å². The fraction of sp³-hybridized carbons (Fsp3) is 0.250. The second-order valence-corrected chi connectivity index (χ2v) is 6.16. The van der Waals surface area contributed by atoms with Gasteiger partial charge >= 0.3 is 5.97 Å².